The van der Waals surface area contributed by atoms with Crippen molar-refractivity contribution in [1.82, 2.24) is 0 Å². The lowest BCUT2D eigenvalue weighted by atomic mass is 9.98. The average Bonchev–Trinajstić information content (AvgIpc) is 2.93. The third-order valence-electron chi connectivity index (χ3n) is 5.24. The molecule has 0 radical (unpaired) electrons. The SMILES string of the molecule is C[C@]1([N+](=O)[O-])C[Si](c2ccccc2)(c2ccccc2)C[C@@H]1[N+](=O)[O-]. The number of nitrogens with zero attached hydrogens (tertiary/aromatic N) is 2. The highest BCUT2D eigenvalue weighted by atomic mass is 28.3. The first-order valence-corrected chi connectivity index (χ1v) is 10.2. The van der Waals surface area contributed by atoms with E-state index in [4.69, 9.17) is 0 Å². The minimum absolute atomic E-state index is 0.243. The van der Waals surface area contributed by atoms with Gasteiger partial charge in [-0.05, 0) is 0 Å². The molecule has 7 heteroatoms. The Bertz CT molecular complexity index is 729. The summed E-state index contributed by atoms with van der Waals surface area (Å²) in [5, 5.41) is 25.4. The van der Waals surface area contributed by atoms with Gasteiger partial charge in [0, 0.05) is 28.9 Å². The summed E-state index contributed by atoms with van der Waals surface area (Å²) in [6.45, 7) is 1.43. The molecule has 0 saturated carbocycles. The number of hydrogen-bond acceptors (Lipinski definition) is 4. The van der Waals surface area contributed by atoms with E-state index in [0.29, 0.717) is 0 Å². The van der Waals surface area contributed by atoms with Crippen LogP contribution in [-0.4, -0.2) is 29.5 Å². The highest BCUT2D eigenvalue weighted by Gasteiger charge is 2.68. The van der Waals surface area contributed by atoms with Gasteiger partial charge in [-0.1, -0.05) is 71.0 Å². The van der Waals surface area contributed by atoms with Crippen LogP contribution in [0.5, 0.6) is 0 Å². The summed E-state index contributed by atoms with van der Waals surface area (Å²) in [5.41, 5.74) is -1.54. The van der Waals surface area contributed by atoms with Crippen molar-refractivity contribution >= 4 is 18.4 Å². The summed E-state index contributed by atoms with van der Waals surface area (Å²) in [4.78, 5) is 22.4. The van der Waals surface area contributed by atoms with Gasteiger partial charge in [0.1, 0.15) is 8.07 Å². The van der Waals surface area contributed by atoms with Crippen molar-refractivity contribution in [3.05, 3.63) is 80.9 Å². The van der Waals surface area contributed by atoms with Crippen LogP contribution in [0.15, 0.2) is 60.7 Å². The Morgan fingerprint density at radius 2 is 1.42 bits per heavy atom. The topological polar surface area (TPSA) is 86.3 Å². The molecule has 1 fully saturated rings. The Balaban J connectivity index is 2.22. The summed E-state index contributed by atoms with van der Waals surface area (Å²) in [7, 11) is -2.59. The van der Waals surface area contributed by atoms with Crippen molar-refractivity contribution < 1.29 is 9.85 Å². The van der Waals surface area contributed by atoms with Crippen LogP contribution in [0, 0.1) is 20.2 Å². The maximum atomic E-state index is 11.7. The molecule has 2 aromatic rings. The van der Waals surface area contributed by atoms with Gasteiger partial charge >= 0.3 is 0 Å². The van der Waals surface area contributed by atoms with E-state index in [2.05, 4.69) is 0 Å². The van der Waals surface area contributed by atoms with E-state index in [9.17, 15) is 20.2 Å². The standard InChI is InChI=1S/C17H18N2O4Si/c1-17(19(22)23)13-24(12-16(17)18(20)21,14-8-4-2-5-9-14)15-10-6-3-7-11-15/h2-11,16H,12-13H2,1H3/t16-,17-/m0/s1. The maximum absolute atomic E-state index is 11.7. The van der Waals surface area contributed by atoms with Crippen LogP contribution < -0.4 is 10.4 Å². The molecule has 0 unspecified atom stereocenters. The zero-order valence-corrected chi connectivity index (χ0v) is 14.3. The van der Waals surface area contributed by atoms with E-state index in [1.165, 1.54) is 6.92 Å². The van der Waals surface area contributed by atoms with Crippen molar-refractivity contribution in [2.45, 2.75) is 30.6 Å². The molecule has 2 aromatic carbocycles. The van der Waals surface area contributed by atoms with Crippen molar-refractivity contribution in [3.8, 4) is 0 Å². The first kappa shape index (κ1) is 16.3. The largest absolute Gasteiger partial charge is 0.283 e. The minimum atomic E-state index is -2.59. The van der Waals surface area contributed by atoms with Crippen molar-refractivity contribution in [2.75, 3.05) is 0 Å². The molecule has 1 heterocycles. The molecule has 1 saturated heterocycles. The van der Waals surface area contributed by atoms with Gasteiger partial charge in [0.2, 0.25) is 0 Å². The van der Waals surface area contributed by atoms with Gasteiger partial charge in [-0.25, -0.2) is 0 Å². The highest BCUT2D eigenvalue weighted by Crippen LogP contribution is 2.41. The average molecular weight is 342 g/mol. The molecule has 0 N–H and O–H groups in total. The molecule has 0 amide bonds. The Kier molecular flexibility index (Phi) is 3.96. The summed E-state index contributed by atoms with van der Waals surface area (Å²) >= 11 is 0. The van der Waals surface area contributed by atoms with E-state index in [1.807, 2.05) is 60.7 Å². The summed E-state index contributed by atoms with van der Waals surface area (Å²) in [6.07, 6.45) is 0. The Hall–Kier alpha value is -2.54. The van der Waals surface area contributed by atoms with Crippen LogP contribution >= 0.6 is 0 Å². The molecule has 0 spiro atoms. The predicted octanol–water partition coefficient (Wildman–Crippen LogP) is 1.94. The third kappa shape index (κ3) is 2.41. The number of benzene rings is 2. The van der Waals surface area contributed by atoms with Crippen LogP contribution in [0.3, 0.4) is 0 Å². The fourth-order valence-electron chi connectivity index (χ4n) is 3.96. The van der Waals surface area contributed by atoms with E-state index >= 15 is 0 Å². The molecule has 1 aliphatic rings. The lowest BCUT2D eigenvalue weighted by Crippen LogP contribution is -2.57. The second-order valence-corrected chi connectivity index (χ2v) is 10.7. The van der Waals surface area contributed by atoms with Gasteiger partial charge in [-0.15, -0.1) is 0 Å². The van der Waals surface area contributed by atoms with Crippen molar-refractivity contribution in [3.63, 3.8) is 0 Å². The first-order chi connectivity index (χ1) is 11.4. The van der Waals surface area contributed by atoms with Gasteiger partial charge < -0.3 is 0 Å². The molecule has 0 aromatic heterocycles. The second-order valence-electron chi connectivity index (χ2n) is 6.61. The van der Waals surface area contributed by atoms with Crippen molar-refractivity contribution in [2.24, 2.45) is 0 Å². The molecule has 1 aliphatic heterocycles. The van der Waals surface area contributed by atoms with E-state index < -0.39 is 29.5 Å². The van der Waals surface area contributed by atoms with Gasteiger partial charge in [-0.2, -0.15) is 0 Å². The lowest BCUT2D eigenvalue weighted by molar-refractivity contribution is -0.640. The molecular formula is C17H18N2O4Si. The van der Waals surface area contributed by atoms with Crippen LogP contribution in [0.4, 0.5) is 0 Å². The number of rotatable bonds is 4. The molecule has 2 atom stereocenters. The van der Waals surface area contributed by atoms with Gasteiger partial charge in [0.15, 0.2) is 0 Å². The summed E-state index contributed by atoms with van der Waals surface area (Å²) in [6, 6.07) is 18.6. The predicted molar refractivity (Wildman–Crippen MR) is 93.7 cm³/mol. The Labute approximate surface area is 140 Å². The highest BCUT2D eigenvalue weighted by molar-refractivity contribution is 7.03. The molecule has 124 valence electrons. The molecular weight excluding hydrogens is 324 g/mol. The van der Waals surface area contributed by atoms with E-state index in [0.717, 1.165) is 10.4 Å². The van der Waals surface area contributed by atoms with Crippen LogP contribution in [-0.2, 0) is 0 Å². The van der Waals surface area contributed by atoms with Gasteiger partial charge in [0.25, 0.3) is 11.6 Å². The van der Waals surface area contributed by atoms with Crippen LogP contribution in [0.25, 0.3) is 0 Å². The third-order valence-corrected chi connectivity index (χ3v) is 10.5. The Morgan fingerprint density at radius 1 is 0.958 bits per heavy atom. The summed E-state index contributed by atoms with van der Waals surface area (Å²) < 4.78 is 0. The van der Waals surface area contributed by atoms with Crippen LogP contribution in [0.1, 0.15) is 6.92 Å². The van der Waals surface area contributed by atoms with Gasteiger partial charge in [0.05, 0.1) is 0 Å². The van der Waals surface area contributed by atoms with Crippen LogP contribution in [0.2, 0.25) is 12.1 Å². The fraction of sp³-hybridized carbons (Fsp3) is 0.294. The zero-order chi connectivity index (χ0) is 17.4. The molecule has 24 heavy (non-hydrogen) atoms. The normalized spacial score (nSPS) is 25.3. The molecule has 3 rings (SSSR count). The quantitative estimate of drug-likeness (QED) is 0.483. The lowest BCUT2D eigenvalue weighted by Gasteiger charge is -2.27. The monoisotopic (exact) mass is 342 g/mol. The second kappa shape index (κ2) is 5.83. The Morgan fingerprint density at radius 3 is 1.75 bits per heavy atom. The fourth-order valence-corrected chi connectivity index (χ4v) is 9.81. The van der Waals surface area contributed by atoms with E-state index in [1.54, 1.807) is 0 Å². The molecule has 6 nitrogen and oxygen atoms in total. The first-order valence-electron chi connectivity index (χ1n) is 7.79. The molecule has 0 bridgehead atoms. The number of nitro groups is 2. The smallest absolute Gasteiger partial charge is 0.264 e. The maximum Gasteiger partial charge on any atom is 0.283 e. The van der Waals surface area contributed by atoms with E-state index in [-0.39, 0.29) is 12.1 Å². The number of hydrogen-bond donors (Lipinski definition) is 0. The molecule has 0 aliphatic carbocycles. The minimum Gasteiger partial charge on any atom is -0.264 e. The van der Waals surface area contributed by atoms with Crippen molar-refractivity contribution in [1.29, 1.82) is 0 Å². The van der Waals surface area contributed by atoms with Gasteiger partial charge in [-0.3, -0.25) is 20.2 Å². The zero-order valence-electron chi connectivity index (χ0n) is 13.3. The summed E-state index contributed by atoms with van der Waals surface area (Å²) in [5.74, 6) is 0.